The summed E-state index contributed by atoms with van der Waals surface area (Å²) in [7, 11) is 1.96. The van der Waals surface area contributed by atoms with E-state index >= 15 is 0 Å². The fraction of sp³-hybridized carbons (Fsp3) is 0.357. The summed E-state index contributed by atoms with van der Waals surface area (Å²) in [4.78, 5) is 12.0. The maximum absolute atomic E-state index is 12.0. The summed E-state index contributed by atoms with van der Waals surface area (Å²) in [5.74, 6) is 0.251. The fourth-order valence-electron chi connectivity index (χ4n) is 2.02. The quantitative estimate of drug-likeness (QED) is 0.715. The molecule has 0 atom stereocenters. The van der Waals surface area contributed by atoms with Crippen molar-refractivity contribution < 1.29 is 4.79 Å². The van der Waals surface area contributed by atoms with Gasteiger partial charge in [0, 0.05) is 24.4 Å². The molecule has 0 aliphatic rings. The molecule has 0 N–H and O–H groups in total. The molecular formula is C14H17NO. The van der Waals surface area contributed by atoms with Crippen molar-refractivity contribution in [3.8, 4) is 0 Å². The number of aryl methyl sites for hydroxylation is 1. The van der Waals surface area contributed by atoms with Crippen LogP contribution in [0.15, 0.2) is 30.3 Å². The van der Waals surface area contributed by atoms with Crippen LogP contribution in [-0.4, -0.2) is 10.4 Å². The van der Waals surface area contributed by atoms with Crippen molar-refractivity contribution in [1.29, 1.82) is 0 Å². The highest BCUT2D eigenvalue weighted by atomic mass is 16.1. The molecule has 1 aromatic heterocycles. The van der Waals surface area contributed by atoms with Crippen molar-refractivity contribution in [3.63, 3.8) is 0 Å². The van der Waals surface area contributed by atoms with Crippen molar-refractivity contribution >= 4 is 16.7 Å². The monoisotopic (exact) mass is 215 g/mol. The highest BCUT2D eigenvalue weighted by Crippen LogP contribution is 2.19. The Kier molecular flexibility index (Phi) is 3.09. The van der Waals surface area contributed by atoms with E-state index in [1.165, 1.54) is 0 Å². The number of unbranched alkanes of at least 4 members (excludes halogenated alkanes) is 1. The van der Waals surface area contributed by atoms with Gasteiger partial charge in [-0.1, -0.05) is 31.5 Å². The molecule has 0 fully saturated rings. The van der Waals surface area contributed by atoms with Crippen molar-refractivity contribution in [2.75, 3.05) is 0 Å². The van der Waals surface area contributed by atoms with E-state index in [9.17, 15) is 4.79 Å². The molecule has 1 aromatic carbocycles. The number of fused-ring (bicyclic) bond motifs is 1. The first kappa shape index (κ1) is 10.9. The van der Waals surface area contributed by atoms with Crippen LogP contribution in [0.3, 0.4) is 0 Å². The largest absolute Gasteiger partial charge is 0.341 e. The predicted molar refractivity (Wildman–Crippen MR) is 66.8 cm³/mol. The Balaban J connectivity index is 2.37. The minimum Gasteiger partial charge on any atom is -0.341 e. The van der Waals surface area contributed by atoms with Crippen molar-refractivity contribution in [3.05, 3.63) is 36.0 Å². The van der Waals surface area contributed by atoms with E-state index in [0.717, 1.165) is 29.4 Å². The van der Waals surface area contributed by atoms with Gasteiger partial charge in [0.05, 0.1) is 5.69 Å². The summed E-state index contributed by atoms with van der Waals surface area (Å²) in [6, 6.07) is 10.1. The number of carbonyl (C=O) groups excluding carboxylic acids is 1. The maximum atomic E-state index is 12.0. The van der Waals surface area contributed by atoms with Gasteiger partial charge in [-0.2, -0.15) is 0 Å². The zero-order valence-electron chi connectivity index (χ0n) is 9.86. The Bertz CT molecular complexity index is 510. The molecule has 0 unspecified atom stereocenters. The van der Waals surface area contributed by atoms with Gasteiger partial charge >= 0.3 is 0 Å². The lowest BCUT2D eigenvalue weighted by atomic mass is 10.1. The second-order valence-electron chi connectivity index (χ2n) is 4.17. The average Bonchev–Trinajstić information content (AvgIpc) is 2.64. The van der Waals surface area contributed by atoms with Gasteiger partial charge in [-0.25, -0.2) is 0 Å². The molecule has 0 spiro atoms. The highest BCUT2D eigenvalue weighted by Gasteiger charge is 2.11. The molecule has 0 saturated heterocycles. The first-order valence-corrected chi connectivity index (χ1v) is 5.81. The van der Waals surface area contributed by atoms with E-state index in [4.69, 9.17) is 0 Å². The summed E-state index contributed by atoms with van der Waals surface area (Å²) in [6.07, 6.45) is 2.69. The molecule has 0 bridgehead atoms. The first-order chi connectivity index (χ1) is 7.74. The molecule has 0 aliphatic heterocycles. The van der Waals surface area contributed by atoms with E-state index in [0.29, 0.717) is 6.42 Å². The number of rotatable bonds is 4. The SMILES string of the molecule is CCCCC(=O)c1cc2ccccc2n1C. The molecule has 0 radical (unpaired) electrons. The van der Waals surface area contributed by atoms with Gasteiger partial charge in [-0.05, 0) is 18.6 Å². The Labute approximate surface area is 95.9 Å². The Morgan fingerprint density at radius 3 is 2.75 bits per heavy atom. The molecule has 0 aliphatic carbocycles. The molecule has 2 rings (SSSR count). The number of para-hydroxylation sites is 1. The number of nitrogens with zero attached hydrogens (tertiary/aromatic N) is 1. The third-order valence-corrected chi connectivity index (χ3v) is 2.99. The van der Waals surface area contributed by atoms with Crippen molar-refractivity contribution in [2.45, 2.75) is 26.2 Å². The second kappa shape index (κ2) is 4.52. The number of carbonyl (C=O) groups is 1. The van der Waals surface area contributed by atoms with E-state index in [2.05, 4.69) is 6.92 Å². The van der Waals surface area contributed by atoms with E-state index < -0.39 is 0 Å². The van der Waals surface area contributed by atoms with Crippen molar-refractivity contribution in [2.24, 2.45) is 7.05 Å². The number of Topliss-reactive ketones (excluding diaryl/α,β-unsaturated/α-hetero) is 1. The van der Waals surface area contributed by atoms with Gasteiger partial charge in [0.1, 0.15) is 0 Å². The Morgan fingerprint density at radius 2 is 2.06 bits per heavy atom. The van der Waals surface area contributed by atoms with Crippen molar-refractivity contribution in [1.82, 2.24) is 4.57 Å². The molecule has 1 heterocycles. The van der Waals surface area contributed by atoms with Crippen LogP contribution in [0, 0.1) is 0 Å². The van der Waals surface area contributed by atoms with Crippen LogP contribution in [0.2, 0.25) is 0 Å². The lowest BCUT2D eigenvalue weighted by Crippen LogP contribution is -2.05. The normalized spacial score (nSPS) is 10.9. The smallest absolute Gasteiger partial charge is 0.179 e. The van der Waals surface area contributed by atoms with Crippen LogP contribution in [-0.2, 0) is 7.05 Å². The number of ketones is 1. The maximum Gasteiger partial charge on any atom is 0.179 e. The minimum absolute atomic E-state index is 0.251. The van der Waals surface area contributed by atoms with E-state index in [1.54, 1.807) is 0 Å². The summed E-state index contributed by atoms with van der Waals surface area (Å²) in [5.41, 5.74) is 1.96. The van der Waals surface area contributed by atoms with Crippen LogP contribution in [0.5, 0.6) is 0 Å². The topological polar surface area (TPSA) is 22.0 Å². The van der Waals surface area contributed by atoms with Crippen LogP contribution in [0.25, 0.3) is 10.9 Å². The van der Waals surface area contributed by atoms with E-state index in [-0.39, 0.29) is 5.78 Å². The average molecular weight is 215 g/mol. The molecule has 84 valence electrons. The summed E-state index contributed by atoms with van der Waals surface area (Å²) < 4.78 is 1.99. The third kappa shape index (κ3) is 1.87. The lowest BCUT2D eigenvalue weighted by molar-refractivity contribution is 0.0972. The minimum atomic E-state index is 0.251. The summed E-state index contributed by atoms with van der Waals surface area (Å²) >= 11 is 0. The number of aromatic nitrogens is 1. The molecule has 2 heteroatoms. The predicted octanol–water partition coefficient (Wildman–Crippen LogP) is 3.55. The number of benzene rings is 1. The zero-order chi connectivity index (χ0) is 11.5. The van der Waals surface area contributed by atoms with Crippen LogP contribution in [0.4, 0.5) is 0 Å². The summed E-state index contributed by atoms with van der Waals surface area (Å²) in [5, 5.41) is 1.14. The van der Waals surface area contributed by atoms with Gasteiger partial charge < -0.3 is 4.57 Å². The van der Waals surface area contributed by atoms with E-state index in [1.807, 2.05) is 41.9 Å². The number of hydrogen-bond donors (Lipinski definition) is 0. The summed E-state index contributed by atoms with van der Waals surface area (Å²) in [6.45, 7) is 2.11. The molecular weight excluding hydrogens is 198 g/mol. The number of hydrogen-bond acceptors (Lipinski definition) is 1. The van der Waals surface area contributed by atoms with Crippen LogP contribution in [0.1, 0.15) is 36.7 Å². The molecule has 0 amide bonds. The zero-order valence-corrected chi connectivity index (χ0v) is 9.86. The standard InChI is InChI=1S/C14H17NO/c1-3-4-9-14(16)13-10-11-7-5-6-8-12(11)15(13)2/h5-8,10H,3-4,9H2,1-2H3. The highest BCUT2D eigenvalue weighted by molar-refractivity contribution is 5.99. The third-order valence-electron chi connectivity index (χ3n) is 2.99. The van der Waals surface area contributed by atoms with Gasteiger partial charge in [-0.3, -0.25) is 4.79 Å². The lowest BCUT2D eigenvalue weighted by Gasteiger charge is -2.02. The van der Waals surface area contributed by atoms with Gasteiger partial charge in [-0.15, -0.1) is 0 Å². The van der Waals surface area contributed by atoms with Crippen LogP contribution < -0.4 is 0 Å². The molecule has 2 aromatic rings. The van der Waals surface area contributed by atoms with Gasteiger partial charge in [0.15, 0.2) is 5.78 Å². The van der Waals surface area contributed by atoms with Gasteiger partial charge in [0.2, 0.25) is 0 Å². The van der Waals surface area contributed by atoms with Crippen LogP contribution >= 0.6 is 0 Å². The molecule has 16 heavy (non-hydrogen) atoms. The first-order valence-electron chi connectivity index (χ1n) is 5.81. The second-order valence-corrected chi connectivity index (χ2v) is 4.17. The molecule has 2 nitrogen and oxygen atoms in total. The Morgan fingerprint density at radius 1 is 1.31 bits per heavy atom. The Hall–Kier alpha value is -1.57. The van der Waals surface area contributed by atoms with Gasteiger partial charge in [0.25, 0.3) is 0 Å². The fourth-order valence-corrected chi connectivity index (χ4v) is 2.02. The molecule has 0 saturated carbocycles.